The SMILES string of the molecule is C=C(C)COc1ccc(-c2cc(N)on2)cc1. The third-order valence-electron chi connectivity index (χ3n) is 2.16. The zero-order valence-corrected chi connectivity index (χ0v) is 9.64. The molecular weight excluding hydrogens is 216 g/mol. The largest absolute Gasteiger partial charge is 0.489 e. The van der Waals surface area contributed by atoms with Crippen LogP contribution in [0.5, 0.6) is 5.75 Å². The summed E-state index contributed by atoms with van der Waals surface area (Å²) >= 11 is 0. The molecule has 2 N–H and O–H groups in total. The van der Waals surface area contributed by atoms with Crippen molar-refractivity contribution in [3.8, 4) is 17.0 Å². The molecule has 17 heavy (non-hydrogen) atoms. The molecule has 0 unspecified atom stereocenters. The Bertz CT molecular complexity index is 514. The minimum atomic E-state index is 0.308. The summed E-state index contributed by atoms with van der Waals surface area (Å²) in [7, 11) is 0. The highest BCUT2D eigenvalue weighted by atomic mass is 16.5. The van der Waals surface area contributed by atoms with Gasteiger partial charge in [-0.15, -0.1) is 0 Å². The standard InChI is InChI=1S/C13H14N2O2/c1-9(2)8-16-11-5-3-10(4-6-11)12-7-13(14)17-15-12/h3-7H,1,8,14H2,2H3. The van der Waals surface area contributed by atoms with E-state index < -0.39 is 0 Å². The van der Waals surface area contributed by atoms with Crippen LogP contribution < -0.4 is 10.5 Å². The zero-order chi connectivity index (χ0) is 12.3. The van der Waals surface area contributed by atoms with E-state index in [0.29, 0.717) is 18.2 Å². The van der Waals surface area contributed by atoms with Crippen LogP contribution in [0.2, 0.25) is 0 Å². The van der Waals surface area contributed by atoms with Crippen molar-refractivity contribution in [3.05, 3.63) is 42.5 Å². The molecule has 0 spiro atoms. The summed E-state index contributed by atoms with van der Waals surface area (Å²) < 4.78 is 10.3. The molecule has 2 aromatic rings. The maximum Gasteiger partial charge on any atom is 0.222 e. The van der Waals surface area contributed by atoms with Crippen molar-refractivity contribution in [3.63, 3.8) is 0 Å². The van der Waals surface area contributed by atoms with Crippen LogP contribution in [0.3, 0.4) is 0 Å². The first-order chi connectivity index (χ1) is 8.15. The van der Waals surface area contributed by atoms with Crippen LogP contribution in [0, 0.1) is 0 Å². The van der Waals surface area contributed by atoms with Crippen molar-refractivity contribution < 1.29 is 9.26 Å². The molecule has 0 saturated carbocycles. The number of nitrogens with zero attached hydrogens (tertiary/aromatic N) is 1. The molecule has 0 saturated heterocycles. The van der Waals surface area contributed by atoms with Crippen molar-refractivity contribution >= 4 is 5.88 Å². The molecule has 0 radical (unpaired) electrons. The number of ether oxygens (including phenoxy) is 1. The van der Waals surface area contributed by atoms with E-state index in [-0.39, 0.29) is 0 Å². The molecule has 4 nitrogen and oxygen atoms in total. The van der Waals surface area contributed by atoms with Crippen LogP contribution >= 0.6 is 0 Å². The van der Waals surface area contributed by atoms with Gasteiger partial charge >= 0.3 is 0 Å². The third kappa shape index (κ3) is 2.87. The second-order valence-electron chi connectivity index (χ2n) is 3.88. The van der Waals surface area contributed by atoms with E-state index in [4.69, 9.17) is 15.0 Å². The first-order valence-electron chi connectivity index (χ1n) is 5.25. The lowest BCUT2D eigenvalue weighted by Crippen LogP contribution is -1.97. The lowest BCUT2D eigenvalue weighted by molar-refractivity contribution is 0.353. The summed E-state index contributed by atoms with van der Waals surface area (Å²) in [4.78, 5) is 0. The minimum Gasteiger partial charge on any atom is -0.489 e. The highest BCUT2D eigenvalue weighted by Crippen LogP contribution is 2.22. The lowest BCUT2D eigenvalue weighted by Gasteiger charge is -2.05. The molecule has 2 rings (SSSR count). The summed E-state index contributed by atoms with van der Waals surface area (Å²) in [5.74, 6) is 1.11. The van der Waals surface area contributed by atoms with Crippen LogP contribution in [0.4, 0.5) is 5.88 Å². The Balaban J connectivity index is 2.10. The number of benzene rings is 1. The highest BCUT2D eigenvalue weighted by Gasteiger charge is 2.04. The summed E-state index contributed by atoms with van der Waals surface area (Å²) in [5, 5.41) is 3.83. The van der Waals surface area contributed by atoms with Crippen LogP contribution in [0.1, 0.15) is 6.92 Å². The van der Waals surface area contributed by atoms with Gasteiger partial charge in [0.2, 0.25) is 5.88 Å². The van der Waals surface area contributed by atoms with E-state index in [1.807, 2.05) is 31.2 Å². The lowest BCUT2D eigenvalue weighted by atomic mass is 10.1. The first-order valence-corrected chi connectivity index (χ1v) is 5.25. The second kappa shape index (κ2) is 4.74. The number of rotatable bonds is 4. The Kier molecular flexibility index (Phi) is 3.14. The molecule has 1 heterocycles. The number of anilines is 1. The molecular formula is C13H14N2O2. The second-order valence-corrected chi connectivity index (χ2v) is 3.88. The molecule has 1 aromatic heterocycles. The van der Waals surface area contributed by atoms with E-state index >= 15 is 0 Å². The fourth-order valence-corrected chi connectivity index (χ4v) is 1.35. The molecule has 0 aliphatic rings. The molecule has 0 amide bonds. The molecule has 0 fully saturated rings. The van der Waals surface area contributed by atoms with E-state index in [1.54, 1.807) is 6.07 Å². The van der Waals surface area contributed by atoms with E-state index in [0.717, 1.165) is 16.9 Å². The van der Waals surface area contributed by atoms with Crippen molar-refractivity contribution in [1.29, 1.82) is 0 Å². The van der Waals surface area contributed by atoms with E-state index in [1.165, 1.54) is 0 Å². The van der Waals surface area contributed by atoms with Crippen LogP contribution in [-0.2, 0) is 0 Å². The topological polar surface area (TPSA) is 61.3 Å². The highest BCUT2D eigenvalue weighted by molar-refractivity contribution is 5.61. The maximum atomic E-state index is 5.50. The van der Waals surface area contributed by atoms with Gasteiger partial charge in [0.1, 0.15) is 18.1 Å². The van der Waals surface area contributed by atoms with Crippen LogP contribution in [0.25, 0.3) is 11.3 Å². The first kappa shape index (κ1) is 11.3. The fourth-order valence-electron chi connectivity index (χ4n) is 1.35. The third-order valence-corrected chi connectivity index (χ3v) is 2.16. The van der Waals surface area contributed by atoms with Gasteiger partial charge in [-0.3, -0.25) is 0 Å². The van der Waals surface area contributed by atoms with Gasteiger partial charge in [-0.05, 0) is 36.8 Å². The Morgan fingerprint density at radius 2 is 2.12 bits per heavy atom. The molecule has 0 aliphatic heterocycles. The van der Waals surface area contributed by atoms with Crippen molar-refractivity contribution in [2.24, 2.45) is 0 Å². The molecule has 0 atom stereocenters. The number of nitrogens with two attached hydrogens (primary N) is 1. The van der Waals surface area contributed by atoms with E-state index in [2.05, 4.69) is 11.7 Å². The summed E-state index contributed by atoms with van der Waals surface area (Å²) in [6, 6.07) is 9.26. The Morgan fingerprint density at radius 3 is 2.65 bits per heavy atom. The monoisotopic (exact) mass is 230 g/mol. The Labute approximate surface area is 99.7 Å². The van der Waals surface area contributed by atoms with Gasteiger partial charge in [-0.1, -0.05) is 11.7 Å². The van der Waals surface area contributed by atoms with Gasteiger partial charge in [0.15, 0.2) is 0 Å². The molecule has 0 aliphatic carbocycles. The van der Waals surface area contributed by atoms with Crippen molar-refractivity contribution in [1.82, 2.24) is 5.16 Å². The number of hydrogen-bond donors (Lipinski definition) is 1. The fraction of sp³-hybridized carbons (Fsp3) is 0.154. The van der Waals surface area contributed by atoms with Crippen molar-refractivity contribution in [2.45, 2.75) is 6.92 Å². The van der Waals surface area contributed by atoms with Gasteiger partial charge in [0, 0.05) is 11.6 Å². The van der Waals surface area contributed by atoms with Crippen LogP contribution in [0.15, 0.2) is 47.0 Å². The molecule has 0 bridgehead atoms. The Morgan fingerprint density at radius 1 is 1.41 bits per heavy atom. The predicted octanol–water partition coefficient (Wildman–Crippen LogP) is 2.88. The van der Waals surface area contributed by atoms with Gasteiger partial charge in [0.25, 0.3) is 0 Å². The molecule has 1 aromatic carbocycles. The minimum absolute atomic E-state index is 0.308. The molecule has 4 heteroatoms. The van der Waals surface area contributed by atoms with E-state index in [9.17, 15) is 0 Å². The Hall–Kier alpha value is -2.23. The normalized spacial score (nSPS) is 10.2. The zero-order valence-electron chi connectivity index (χ0n) is 9.64. The maximum absolute atomic E-state index is 5.50. The van der Waals surface area contributed by atoms with Crippen LogP contribution in [-0.4, -0.2) is 11.8 Å². The number of nitrogen functional groups attached to an aromatic ring is 1. The van der Waals surface area contributed by atoms with Crippen molar-refractivity contribution in [2.75, 3.05) is 12.3 Å². The average Bonchev–Trinajstić information content (AvgIpc) is 2.74. The van der Waals surface area contributed by atoms with Gasteiger partial charge < -0.3 is 15.0 Å². The molecule has 88 valence electrons. The van der Waals surface area contributed by atoms with Gasteiger partial charge in [0.05, 0.1) is 0 Å². The smallest absolute Gasteiger partial charge is 0.222 e. The number of aromatic nitrogens is 1. The van der Waals surface area contributed by atoms with Gasteiger partial charge in [-0.25, -0.2) is 0 Å². The average molecular weight is 230 g/mol. The summed E-state index contributed by atoms with van der Waals surface area (Å²) in [5.41, 5.74) is 8.10. The van der Waals surface area contributed by atoms with Gasteiger partial charge in [-0.2, -0.15) is 0 Å². The quantitative estimate of drug-likeness (QED) is 0.820. The summed E-state index contributed by atoms with van der Waals surface area (Å²) in [6.07, 6.45) is 0. The predicted molar refractivity (Wildman–Crippen MR) is 66.7 cm³/mol. The number of hydrogen-bond acceptors (Lipinski definition) is 4. The summed E-state index contributed by atoms with van der Waals surface area (Å²) in [6.45, 7) is 6.22.